The maximum atomic E-state index is 3.48. The zero-order valence-electron chi connectivity index (χ0n) is 9.03. The molecule has 0 aliphatic carbocycles. The number of hydrogen-bond acceptors (Lipinski definition) is 1. The standard InChI is InChI=1S/C14H12N2/c1-2-4-11-8-13-12(7-10(11)3-1)9-16-6-5-15-14(13)16/h1-4,7-8H,5-6,9H2/p+1. The molecule has 2 aromatic carbocycles. The van der Waals surface area contributed by atoms with E-state index in [-0.39, 0.29) is 0 Å². The molecular weight excluding hydrogens is 196 g/mol. The van der Waals surface area contributed by atoms with Gasteiger partial charge in [0.2, 0.25) is 0 Å². The van der Waals surface area contributed by atoms with Crippen molar-refractivity contribution in [3.05, 3.63) is 47.5 Å². The molecule has 0 aromatic heterocycles. The molecule has 2 aliphatic rings. The van der Waals surface area contributed by atoms with Crippen LogP contribution >= 0.6 is 0 Å². The second kappa shape index (κ2) is 2.85. The number of benzene rings is 2. The van der Waals surface area contributed by atoms with E-state index in [1.165, 1.54) is 27.7 Å². The van der Waals surface area contributed by atoms with Crippen LogP contribution in [0.25, 0.3) is 10.8 Å². The Morgan fingerprint density at radius 1 is 1.06 bits per heavy atom. The van der Waals surface area contributed by atoms with Crippen molar-refractivity contribution in [1.29, 1.82) is 0 Å². The Labute approximate surface area is 94.2 Å². The third-order valence-electron chi connectivity index (χ3n) is 3.58. The van der Waals surface area contributed by atoms with Gasteiger partial charge in [0.05, 0.1) is 5.56 Å². The van der Waals surface area contributed by atoms with Crippen LogP contribution in [0, 0.1) is 0 Å². The molecule has 0 saturated carbocycles. The summed E-state index contributed by atoms with van der Waals surface area (Å²) in [5.41, 5.74) is 2.86. The van der Waals surface area contributed by atoms with Gasteiger partial charge in [-0.3, -0.25) is 9.89 Å². The van der Waals surface area contributed by atoms with E-state index in [2.05, 4.69) is 46.3 Å². The van der Waals surface area contributed by atoms with Crippen molar-refractivity contribution in [2.24, 2.45) is 0 Å². The number of amidine groups is 1. The van der Waals surface area contributed by atoms with Crippen molar-refractivity contribution in [2.45, 2.75) is 6.54 Å². The Hall–Kier alpha value is -1.83. The van der Waals surface area contributed by atoms with Gasteiger partial charge in [0.25, 0.3) is 5.84 Å². The van der Waals surface area contributed by atoms with Gasteiger partial charge in [-0.2, -0.15) is 0 Å². The van der Waals surface area contributed by atoms with E-state index in [0.717, 1.165) is 19.6 Å². The lowest BCUT2D eigenvalue weighted by molar-refractivity contribution is -0.529. The van der Waals surface area contributed by atoms with Crippen molar-refractivity contribution < 1.29 is 4.58 Å². The lowest BCUT2D eigenvalue weighted by Gasteiger charge is -2.02. The predicted molar refractivity (Wildman–Crippen MR) is 64.9 cm³/mol. The second-order valence-electron chi connectivity index (χ2n) is 4.55. The number of hydrogen-bond donors (Lipinski definition) is 1. The maximum absolute atomic E-state index is 3.48. The van der Waals surface area contributed by atoms with Gasteiger partial charge >= 0.3 is 0 Å². The lowest BCUT2D eigenvalue weighted by atomic mass is 10.0. The second-order valence-corrected chi connectivity index (χ2v) is 4.55. The predicted octanol–water partition coefficient (Wildman–Crippen LogP) is 1.72. The molecule has 0 atom stereocenters. The fraction of sp³-hybridized carbons (Fsp3) is 0.214. The zero-order valence-corrected chi connectivity index (χ0v) is 9.03. The Morgan fingerprint density at radius 3 is 2.75 bits per heavy atom. The van der Waals surface area contributed by atoms with Crippen molar-refractivity contribution in [1.82, 2.24) is 5.32 Å². The summed E-state index contributed by atoms with van der Waals surface area (Å²) in [5.74, 6) is 1.33. The molecule has 1 N–H and O–H groups in total. The van der Waals surface area contributed by atoms with Crippen LogP contribution in [-0.2, 0) is 6.54 Å². The maximum Gasteiger partial charge on any atom is 0.278 e. The highest BCUT2D eigenvalue weighted by Crippen LogP contribution is 2.25. The Kier molecular flexibility index (Phi) is 1.48. The molecule has 0 unspecified atom stereocenters. The molecule has 0 spiro atoms. The van der Waals surface area contributed by atoms with Crippen molar-refractivity contribution in [2.75, 3.05) is 13.1 Å². The fourth-order valence-corrected chi connectivity index (χ4v) is 2.80. The summed E-state index contributed by atoms with van der Waals surface area (Å²) in [6, 6.07) is 13.2. The van der Waals surface area contributed by atoms with Crippen LogP contribution in [0.4, 0.5) is 0 Å². The minimum absolute atomic E-state index is 1.07. The quantitative estimate of drug-likeness (QED) is 0.653. The minimum Gasteiger partial charge on any atom is -0.270 e. The third kappa shape index (κ3) is 0.990. The van der Waals surface area contributed by atoms with Crippen LogP contribution < -0.4 is 5.32 Å². The average Bonchev–Trinajstić information content (AvgIpc) is 2.86. The minimum atomic E-state index is 1.07. The van der Waals surface area contributed by atoms with Crippen molar-refractivity contribution in [3.8, 4) is 0 Å². The first-order valence-electron chi connectivity index (χ1n) is 5.80. The number of rotatable bonds is 0. The fourth-order valence-electron chi connectivity index (χ4n) is 2.80. The largest absolute Gasteiger partial charge is 0.278 e. The summed E-state index contributed by atoms with van der Waals surface area (Å²) in [6.07, 6.45) is 0. The Morgan fingerprint density at radius 2 is 1.88 bits per heavy atom. The molecule has 16 heavy (non-hydrogen) atoms. The monoisotopic (exact) mass is 209 g/mol. The molecule has 0 saturated heterocycles. The van der Waals surface area contributed by atoms with E-state index in [9.17, 15) is 0 Å². The van der Waals surface area contributed by atoms with E-state index in [1.54, 1.807) is 0 Å². The highest BCUT2D eigenvalue weighted by atomic mass is 15.2. The van der Waals surface area contributed by atoms with Crippen molar-refractivity contribution >= 4 is 16.6 Å². The highest BCUT2D eigenvalue weighted by molar-refractivity contribution is 6.02. The molecule has 2 heterocycles. The molecule has 0 bridgehead atoms. The van der Waals surface area contributed by atoms with Gasteiger partial charge in [0.15, 0.2) is 0 Å². The normalized spacial score (nSPS) is 17.5. The molecule has 0 fully saturated rings. The number of nitrogens with zero attached hydrogens (tertiary/aromatic N) is 1. The number of nitrogens with one attached hydrogen (secondary N) is 1. The number of fused-ring (bicyclic) bond motifs is 3. The summed E-state index contributed by atoms with van der Waals surface area (Å²) in [6.45, 7) is 3.30. The van der Waals surface area contributed by atoms with E-state index in [0.29, 0.717) is 0 Å². The molecule has 0 amide bonds. The van der Waals surface area contributed by atoms with Crippen LogP contribution in [0.1, 0.15) is 11.1 Å². The van der Waals surface area contributed by atoms with E-state index < -0.39 is 0 Å². The third-order valence-corrected chi connectivity index (χ3v) is 3.58. The molecule has 0 radical (unpaired) electrons. The SMILES string of the molecule is c1ccc2cc3c(cc2c1)C[N+]1=C3NCC1. The van der Waals surface area contributed by atoms with Gasteiger partial charge in [0.1, 0.15) is 19.6 Å². The first kappa shape index (κ1) is 8.34. The van der Waals surface area contributed by atoms with Crippen molar-refractivity contribution in [3.63, 3.8) is 0 Å². The van der Waals surface area contributed by atoms with Gasteiger partial charge in [-0.05, 0) is 22.9 Å². The van der Waals surface area contributed by atoms with Crippen LogP contribution in [0.15, 0.2) is 36.4 Å². The van der Waals surface area contributed by atoms with E-state index in [4.69, 9.17) is 0 Å². The first-order valence-corrected chi connectivity index (χ1v) is 5.80. The summed E-state index contributed by atoms with van der Waals surface area (Å²) in [7, 11) is 0. The van der Waals surface area contributed by atoms with Crippen LogP contribution in [0.3, 0.4) is 0 Å². The van der Waals surface area contributed by atoms with E-state index in [1.807, 2.05) is 0 Å². The van der Waals surface area contributed by atoms with Gasteiger partial charge < -0.3 is 0 Å². The highest BCUT2D eigenvalue weighted by Gasteiger charge is 2.31. The average molecular weight is 209 g/mol. The molecule has 2 aromatic rings. The molecular formula is C14H13N2+. The topological polar surface area (TPSA) is 15.0 Å². The summed E-state index contributed by atoms with van der Waals surface area (Å²) in [4.78, 5) is 0. The Bertz CT molecular complexity index is 626. The van der Waals surface area contributed by atoms with Crippen LogP contribution in [0.2, 0.25) is 0 Å². The summed E-state index contributed by atoms with van der Waals surface area (Å²) >= 11 is 0. The Balaban J connectivity index is 2.01. The lowest BCUT2D eigenvalue weighted by Crippen LogP contribution is -2.20. The van der Waals surface area contributed by atoms with Gasteiger partial charge in [-0.15, -0.1) is 0 Å². The van der Waals surface area contributed by atoms with Gasteiger partial charge in [-0.1, -0.05) is 24.3 Å². The van der Waals surface area contributed by atoms with Gasteiger partial charge in [-0.25, -0.2) is 0 Å². The summed E-state index contributed by atoms with van der Waals surface area (Å²) < 4.78 is 2.43. The van der Waals surface area contributed by atoms with Gasteiger partial charge in [0, 0.05) is 5.56 Å². The van der Waals surface area contributed by atoms with Crippen LogP contribution in [-0.4, -0.2) is 23.5 Å². The molecule has 2 nitrogen and oxygen atoms in total. The first-order chi connectivity index (χ1) is 7.92. The zero-order chi connectivity index (χ0) is 10.5. The van der Waals surface area contributed by atoms with E-state index >= 15 is 0 Å². The molecule has 78 valence electrons. The summed E-state index contributed by atoms with van der Waals surface area (Å²) in [5, 5.41) is 6.17. The molecule has 4 rings (SSSR count). The molecule has 2 heteroatoms. The smallest absolute Gasteiger partial charge is 0.270 e. The van der Waals surface area contributed by atoms with Crippen LogP contribution in [0.5, 0.6) is 0 Å². The molecule has 2 aliphatic heterocycles.